The van der Waals surface area contributed by atoms with Gasteiger partial charge in [0.05, 0.1) is 11.4 Å². The first-order valence-electron chi connectivity index (χ1n) is 4.30. The average molecular weight is 219 g/mol. The van der Waals surface area contributed by atoms with Crippen molar-refractivity contribution in [1.29, 1.82) is 5.26 Å². The maximum absolute atomic E-state index is 8.74. The molecule has 0 aliphatic carbocycles. The number of nitrogens with zero attached hydrogens (tertiary/aromatic N) is 4. The molecule has 74 valence electrons. The van der Waals surface area contributed by atoms with Crippen molar-refractivity contribution in [1.82, 2.24) is 15.0 Å². The molecule has 0 aliphatic heterocycles. The lowest BCUT2D eigenvalue weighted by atomic mass is 10.3. The molecule has 0 N–H and O–H groups in total. The molecule has 0 amide bonds. The van der Waals surface area contributed by atoms with Gasteiger partial charge in [0.1, 0.15) is 6.07 Å². The Morgan fingerprint density at radius 3 is 2.53 bits per heavy atom. The summed E-state index contributed by atoms with van der Waals surface area (Å²) in [6, 6.07) is 9.16. The van der Waals surface area contributed by atoms with Crippen LogP contribution in [-0.4, -0.2) is 15.0 Å². The molecule has 1 aromatic heterocycles. The molecule has 0 fully saturated rings. The number of rotatable bonds is 1. The van der Waals surface area contributed by atoms with Gasteiger partial charge in [0.25, 0.3) is 0 Å². The fourth-order valence-electron chi connectivity index (χ4n) is 1.26. The summed E-state index contributed by atoms with van der Waals surface area (Å²) in [5, 5.41) is 17.0. The largest absolute Gasteiger partial charge is 0.216 e. The van der Waals surface area contributed by atoms with Gasteiger partial charge in [-0.25, -0.2) is 4.68 Å². The van der Waals surface area contributed by atoms with E-state index >= 15 is 0 Å². The van der Waals surface area contributed by atoms with Crippen molar-refractivity contribution in [3.63, 3.8) is 0 Å². The van der Waals surface area contributed by atoms with Gasteiger partial charge in [-0.2, -0.15) is 5.26 Å². The minimum Gasteiger partial charge on any atom is -0.216 e. The van der Waals surface area contributed by atoms with E-state index in [4.69, 9.17) is 16.9 Å². The Morgan fingerprint density at radius 2 is 2.00 bits per heavy atom. The fourth-order valence-corrected chi connectivity index (χ4v) is 1.39. The smallest absolute Gasteiger partial charge is 0.186 e. The molecule has 0 spiro atoms. The Hall–Kier alpha value is -1.86. The third-order valence-corrected chi connectivity index (χ3v) is 2.32. The highest BCUT2D eigenvalue weighted by atomic mass is 35.5. The lowest BCUT2D eigenvalue weighted by Gasteiger charge is -2.01. The Morgan fingerprint density at radius 1 is 1.33 bits per heavy atom. The van der Waals surface area contributed by atoms with Crippen LogP contribution in [0.5, 0.6) is 0 Å². The van der Waals surface area contributed by atoms with Crippen LogP contribution in [0.4, 0.5) is 0 Å². The molecule has 0 radical (unpaired) electrons. The van der Waals surface area contributed by atoms with Crippen LogP contribution in [0.25, 0.3) is 5.69 Å². The third-order valence-electron chi connectivity index (χ3n) is 2.07. The van der Waals surface area contributed by atoms with Crippen LogP contribution >= 0.6 is 11.6 Å². The highest BCUT2D eigenvalue weighted by Gasteiger charge is 2.08. The third kappa shape index (κ3) is 1.69. The number of benzene rings is 1. The number of hydrogen-bond donors (Lipinski definition) is 0. The van der Waals surface area contributed by atoms with Gasteiger partial charge in [0.2, 0.25) is 0 Å². The van der Waals surface area contributed by atoms with Gasteiger partial charge in [-0.1, -0.05) is 16.8 Å². The molecular weight excluding hydrogens is 212 g/mol. The van der Waals surface area contributed by atoms with E-state index in [-0.39, 0.29) is 0 Å². The van der Waals surface area contributed by atoms with Crippen LogP contribution in [-0.2, 0) is 0 Å². The van der Waals surface area contributed by atoms with Gasteiger partial charge >= 0.3 is 0 Å². The summed E-state index contributed by atoms with van der Waals surface area (Å²) in [7, 11) is 0. The molecule has 0 saturated carbocycles. The standard InChI is InChI=1S/C10H7ClN4/c1-7-10(6-12)13-14-15(7)9-4-2-8(11)3-5-9/h2-5H,1H3. The van der Waals surface area contributed by atoms with Crippen molar-refractivity contribution in [2.24, 2.45) is 0 Å². The topological polar surface area (TPSA) is 54.5 Å². The Bertz CT molecular complexity index is 521. The second kappa shape index (κ2) is 3.71. The molecule has 0 aliphatic rings. The van der Waals surface area contributed by atoms with E-state index in [1.54, 1.807) is 23.7 Å². The van der Waals surface area contributed by atoms with Crippen molar-refractivity contribution in [3.8, 4) is 11.8 Å². The van der Waals surface area contributed by atoms with E-state index in [9.17, 15) is 0 Å². The van der Waals surface area contributed by atoms with Gasteiger partial charge in [0, 0.05) is 5.02 Å². The van der Waals surface area contributed by atoms with Crippen molar-refractivity contribution < 1.29 is 0 Å². The van der Waals surface area contributed by atoms with E-state index in [1.807, 2.05) is 18.2 Å². The predicted octanol–water partition coefficient (Wildman–Crippen LogP) is 2.10. The maximum Gasteiger partial charge on any atom is 0.186 e. The monoisotopic (exact) mass is 218 g/mol. The molecule has 1 heterocycles. The number of hydrogen-bond acceptors (Lipinski definition) is 3. The van der Waals surface area contributed by atoms with E-state index in [0.717, 1.165) is 11.4 Å². The maximum atomic E-state index is 8.74. The van der Waals surface area contributed by atoms with Crippen LogP contribution in [0.2, 0.25) is 5.02 Å². The van der Waals surface area contributed by atoms with Crippen LogP contribution in [0.15, 0.2) is 24.3 Å². The number of aromatic nitrogens is 3. The Kier molecular flexibility index (Phi) is 2.40. The van der Waals surface area contributed by atoms with Gasteiger partial charge in [0.15, 0.2) is 5.69 Å². The van der Waals surface area contributed by atoms with Crippen LogP contribution in [0.3, 0.4) is 0 Å². The summed E-state index contributed by atoms with van der Waals surface area (Å²) < 4.78 is 1.61. The van der Waals surface area contributed by atoms with Gasteiger partial charge in [-0.3, -0.25) is 0 Å². The van der Waals surface area contributed by atoms with Crippen molar-refractivity contribution in [2.75, 3.05) is 0 Å². The van der Waals surface area contributed by atoms with E-state index in [2.05, 4.69) is 10.3 Å². The molecule has 0 unspecified atom stereocenters. The summed E-state index contributed by atoms with van der Waals surface area (Å²) in [6.45, 7) is 1.80. The zero-order valence-electron chi connectivity index (χ0n) is 7.98. The van der Waals surface area contributed by atoms with Crippen LogP contribution < -0.4 is 0 Å². The van der Waals surface area contributed by atoms with Crippen molar-refractivity contribution in [2.45, 2.75) is 6.92 Å². The summed E-state index contributed by atoms with van der Waals surface area (Å²) >= 11 is 5.77. The zero-order valence-corrected chi connectivity index (χ0v) is 8.73. The van der Waals surface area contributed by atoms with Crippen LogP contribution in [0.1, 0.15) is 11.4 Å². The fraction of sp³-hybridized carbons (Fsp3) is 0.100. The molecule has 5 heteroatoms. The van der Waals surface area contributed by atoms with E-state index < -0.39 is 0 Å². The quantitative estimate of drug-likeness (QED) is 0.737. The normalized spacial score (nSPS) is 9.93. The van der Waals surface area contributed by atoms with Gasteiger partial charge < -0.3 is 0 Å². The van der Waals surface area contributed by atoms with E-state index in [1.165, 1.54) is 0 Å². The molecule has 0 saturated heterocycles. The van der Waals surface area contributed by atoms with Crippen molar-refractivity contribution >= 4 is 11.6 Å². The first kappa shape index (κ1) is 9.69. The predicted molar refractivity (Wildman–Crippen MR) is 55.8 cm³/mol. The highest BCUT2D eigenvalue weighted by Crippen LogP contribution is 2.14. The highest BCUT2D eigenvalue weighted by molar-refractivity contribution is 6.30. The minimum absolute atomic E-state index is 0.338. The lowest BCUT2D eigenvalue weighted by molar-refractivity contribution is 0.785. The molecule has 0 atom stereocenters. The summed E-state index contributed by atoms with van der Waals surface area (Å²) in [5.41, 5.74) is 1.90. The zero-order chi connectivity index (χ0) is 10.8. The molecular formula is C10H7ClN4. The molecule has 2 rings (SSSR count). The van der Waals surface area contributed by atoms with Gasteiger partial charge in [-0.05, 0) is 31.2 Å². The molecule has 4 nitrogen and oxygen atoms in total. The minimum atomic E-state index is 0.338. The van der Waals surface area contributed by atoms with Crippen LogP contribution in [0, 0.1) is 18.3 Å². The van der Waals surface area contributed by atoms with Crippen molar-refractivity contribution in [3.05, 3.63) is 40.7 Å². The molecule has 15 heavy (non-hydrogen) atoms. The SMILES string of the molecule is Cc1c(C#N)nnn1-c1ccc(Cl)cc1. The summed E-state index contributed by atoms with van der Waals surface area (Å²) in [4.78, 5) is 0. The second-order valence-corrected chi connectivity index (χ2v) is 3.46. The Labute approximate surface area is 91.7 Å². The summed E-state index contributed by atoms with van der Waals surface area (Å²) in [5.74, 6) is 0. The number of nitriles is 1. The molecule has 1 aromatic carbocycles. The first-order valence-corrected chi connectivity index (χ1v) is 4.68. The second-order valence-electron chi connectivity index (χ2n) is 3.02. The van der Waals surface area contributed by atoms with E-state index in [0.29, 0.717) is 10.7 Å². The lowest BCUT2D eigenvalue weighted by Crippen LogP contribution is -1.98. The first-order chi connectivity index (χ1) is 7.22. The average Bonchev–Trinajstić information content (AvgIpc) is 2.61. The molecule has 2 aromatic rings. The van der Waals surface area contributed by atoms with Gasteiger partial charge in [-0.15, -0.1) is 5.10 Å². The Balaban J connectivity index is 2.51. The molecule has 0 bridgehead atoms. The number of halogens is 1. The summed E-state index contributed by atoms with van der Waals surface area (Å²) in [6.07, 6.45) is 0.